The molecule has 1 aromatic heterocycles. The van der Waals surface area contributed by atoms with Gasteiger partial charge in [0.2, 0.25) is 0 Å². The Balaban J connectivity index is 2.22. The van der Waals surface area contributed by atoms with Gasteiger partial charge < -0.3 is 10.0 Å². The quantitative estimate of drug-likeness (QED) is 0.871. The van der Waals surface area contributed by atoms with Crippen LogP contribution in [-0.4, -0.2) is 29.0 Å². The number of aliphatic hydroxyl groups is 1. The van der Waals surface area contributed by atoms with Crippen LogP contribution in [0.25, 0.3) is 0 Å². The van der Waals surface area contributed by atoms with Crippen molar-refractivity contribution >= 4 is 5.69 Å². The lowest BCUT2D eigenvalue weighted by Crippen LogP contribution is -2.08. The number of nitrogens with zero attached hydrogens (tertiary/aromatic N) is 3. The number of hydrogen-bond acceptors (Lipinski definition) is 3. The molecule has 0 saturated carbocycles. The van der Waals surface area contributed by atoms with Crippen molar-refractivity contribution < 1.29 is 5.11 Å². The first-order valence-corrected chi connectivity index (χ1v) is 5.52. The van der Waals surface area contributed by atoms with Crippen molar-refractivity contribution in [2.24, 2.45) is 7.05 Å². The number of hydrogen-bond donors (Lipinski definition) is 1. The van der Waals surface area contributed by atoms with Gasteiger partial charge in [0.15, 0.2) is 0 Å². The predicted molar refractivity (Wildman–Crippen MR) is 68.0 cm³/mol. The van der Waals surface area contributed by atoms with Crippen molar-refractivity contribution in [1.82, 2.24) is 9.78 Å². The number of aryl methyl sites for hydroxylation is 1. The maximum Gasteiger partial charge on any atom is 0.107 e. The molecule has 0 amide bonds. The molecule has 17 heavy (non-hydrogen) atoms. The average Bonchev–Trinajstić information content (AvgIpc) is 2.75. The highest BCUT2D eigenvalue weighted by Crippen LogP contribution is 2.23. The zero-order valence-corrected chi connectivity index (χ0v) is 10.3. The van der Waals surface area contributed by atoms with Gasteiger partial charge in [0.05, 0.1) is 6.20 Å². The summed E-state index contributed by atoms with van der Waals surface area (Å²) in [6.45, 7) is 0. The number of rotatable bonds is 3. The van der Waals surface area contributed by atoms with Gasteiger partial charge >= 0.3 is 0 Å². The van der Waals surface area contributed by atoms with Crippen LogP contribution in [0.5, 0.6) is 0 Å². The summed E-state index contributed by atoms with van der Waals surface area (Å²) in [5.41, 5.74) is 2.81. The SMILES string of the molecule is CN(C)c1ccc(C(O)c2cnn(C)c2)cc1. The normalized spacial score (nSPS) is 12.5. The van der Waals surface area contributed by atoms with Gasteiger partial charge in [-0.25, -0.2) is 0 Å². The van der Waals surface area contributed by atoms with Crippen molar-refractivity contribution in [1.29, 1.82) is 0 Å². The van der Waals surface area contributed by atoms with E-state index in [2.05, 4.69) is 5.10 Å². The second-order valence-electron chi connectivity index (χ2n) is 4.34. The van der Waals surface area contributed by atoms with Crippen molar-refractivity contribution in [2.75, 3.05) is 19.0 Å². The minimum atomic E-state index is -0.611. The first-order chi connectivity index (χ1) is 8.08. The molecule has 0 bridgehead atoms. The van der Waals surface area contributed by atoms with Gasteiger partial charge in [-0.05, 0) is 17.7 Å². The summed E-state index contributed by atoms with van der Waals surface area (Å²) in [4.78, 5) is 2.03. The Labute approximate surface area is 101 Å². The van der Waals surface area contributed by atoms with Gasteiger partial charge in [-0.3, -0.25) is 4.68 Å². The molecule has 0 aliphatic carbocycles. The van der Waals surface area contributed by atoms with Crippen molar-refractivity contribution in [3.63, 3.8) is 0 Å². The van der Waals surface area contributed by atoms with Crippen molar-refractivity contribution in [2.45, 2.75) is 6.10 Å². The fourth-order valence-electron chi connectivity index (χ4n) is 1.73. The molecule has 1 atom stereocenters. The number of anilines is 1. The third-order valence-electron chi connectivity index (χ3n) is 2.77. The minimum absolute atomic E-state index is 0.611. The summed E-state index contributed by atoms with van der Waals surface area (Å²) in [6, 6.07) is 7.86. The van der Waals surface area contributed by atoms with Crippen molar-refractivity contribution in [3.05, 3.63) is 47.8 Å². The third-order valence-corrected chi connectivity index (χ3v) is 2.77. The predicted octanol–water partition coefficient (Wildman–Crippen LogP) is 1.57. The highest BCUT2D eigenvalue weighted by molar-refractivity contribution is 5.47. The Morgan fingerprint density at radius 2 is 1.82 bits per heavy atom. The first-order valence-electron chi connectivity index (χ1n) is 5.52. The number of aromatic nitrogens is 2. The second kappa shape index (κ2) is 4.59. The molecule has 1 N–H and O–H groups in total. The summed E-state index contributed by atoms with van der Waals surface area (Å²) in [6.07, 6.45) is 2.90. The Morgan fingerprint density at radius 3 is 2.29 bits per heavy atom. The minimum Gasteiger partial charge on any atom is -0.384 e. The maximum atomic E-state index is 10.2. The molecule has 2 rings (SSSR count). The lowest BCUT2D eigenvalue weighted by molar-refractivity contribution is 0.220. The fourth-order valence-corrected chi connectivity index (χ4v) is 1.73. The van der Waals surface area contributed by atoms with E-state index in [0.29, 0.717) is 0 Å². The van der Waals surface area contributed by atoms with Crippen molar-refractivity contribution in [3.8, 4) is 0 Å². The standard InChI is InChI=1S/C13H17N3O/c1-15(2)12-6-4-10(5-7-12)13(17)11-8-14-16(3)9-11/h4-9,13,17H,1-3H3. The summed E-state index contributed by atoms with van der Waals surface area (Å²) in [7, 11) is 5.82. The number of benzene rings is 1. The second-order valence-corrected chi connectivity index (χ2v) is 4.34. The topological polar surface area (TPSA) is 41.3 Å². The monoisotopic (exact) mass is 231 g/mol. The van der Waals surface area contributed by atoms with E-state index in [0.717, 1.165) is 16.8 Å². The molecule has 0 aliphatic rings. The van der Waals surface area contributed by atoms with Crippen LogP contribution in [0.15, 0.2) is 36.7 Å². The molecule has 0 aliphatic heterocycles. The summed E-state index contributed by atoms with van der Waals surface area (Å²) in [5.74, 6) is 0. The molecule has 1 unspecified atom stereocenters. The first kappa shape index (κ1) is 11.7. The smallest absolute Gasteiger partial charge is 0.107 e. The molecule has 0 saturated heterocycles. The van der Waals surface area contributed by atoms with Gasteiger partial charge in [-0.15, -0.1) is 0 Å². The van der Waals surface area contributed by atoms with Gasteiger partial charge in [0, 0.05) is 38.6 Å². The van der Waals surface area contributed by atoms with Crippen LogP contribution < -0.4 is 4.90 Å². The number of aliphatic hydroxyl groups excluding tert-OH is 1. The molecule has 4 nitrogen and oxygen atoms in total. The van der Waals surface area contributed by atoms with Crippen LogP contribution >= 0.6 is 0 Å². The van der Waals surface area contributed by atoms with E-state index in [-0.39, 0.29) is 0 Å². The lowest BCUT2D eigenvalue weighted by atomic mass is 10.0. The lowest BCUT2D eigenvalue weighted by Gasteiger charge is -2.14. The van der Waals surface area contributed by atoms with Crippen LogP contribution in [0, 0.1) is 0 Å². The van der Waals surface area contributed by atoms with Gasteiger partial charge in [-0.2, -0.15) is 5.10 Å². The fraction of sp³-hybridized carbons (Fsp3) is 0.308. The van der Waals surface area contributed by atoms with Crippen LogP contribution in [0.2, 0.25) is 0 Å². The summed E-state index contributed by atoms with van der Waals surface area (Å²) >= 11 is 0. The van der Waals surface area contributed by atoms with Crippen LogP contribution in [0.1, 0.15) is 17.2 Å². The molecule has 0 fully saturated rings. The Kier molecular flexibility index (Phi) is 3.15. The van der Waals surface area contributed by atoms with Gasteiger partial charge in [0.25, 0.3) is 0 Å². The van der Waals surface area contributed by atoms with E-state index < -0.39 is 6.10 Å². The van der Waals surface area contributed by atoms with E-state index in [1.54, 1.807) is 10.9 Å². The zero-order chi connectivity index (χ0) is 12.4. The summed E-state index contributed by atoms with van der Waals surface area (Å²) < 4.78 is 1.69. The molecular weight excluding hydrogens is 214 g/mol. The summed E-state index contributed by atoms with van der Waals surface area (Å²) in [5, 5.41) is 14.2. The van der Waals surface area contributed by atoms with E-state index in [4.69, 9.17) is 0 Å². The van der Waals surface area contributed by atoms with E-state index in [1.807, 2.05) is 56.5 Å². The molecule has 4 heteroatoms. The Hall–Kier alpha value is -1.81. The highest BCUT2D eigenvalue weighted by atomic mass is 16.3. The Morgan fingerprint density at radius 1 is 1.18 bits per heavy atom. The van der Waals surface area contributed by atoms with Gasteiger partial charge in [0.1, 0.15) is 6.10 Å². The third kappa shape index (κ3) is 2.47. The van der Waals surface area contributed by atoms with E-state index in [9.17, 15) is 5.11 Å². The molecule has 1 heterocycles. The van der Waals surface area contributed by atoms with E-state index >= 15 is 0 Å². The molecular formula is C13H17N3O. The zero-order valence-electron chi connectivity index (χ0n) is 10.3. The molecule has 2 aromatic rings. The maximum absolute atomic E-state index is 10.2. The van der Waals surface area contributed by atoms with Gasteiger partial charge in [-0.1, -0.05) is 12.1 Å². The molecule has 0 spiro atoms. The highest BCUT2D eigenvalue weighted by Gasteiger charge is 2.12. The Bertz CT molecular complexity index is 488. The largest absolute Gasteiger partial charge is 0.384 e. The van der Waals surface area contributed by atoms with Crippen LogP contribution in [-0.2, 0) is 7.05 Å². The molecule has 1 aromatic carbocycles. The molecule has 90 valence electrons. The average molecular weight is 231 g/mol. The molecule has 0 radical (unpaired) electrons. The van der Waals surface area contributed by atoms with Crippen LogP contribution in [0.3, 0.4) is 0 Å². The van der Waals surface area contributed by atoms with E-state index in [1.165, 1.54) is 0 Å². The van der Waals surface area contributed by atoms with Crippen LogP contribution in [0.4, 0.5) is 5.69 Å².